The fourth-order valence-corrected chi connectivity index (χ4v) is 2.55. The zero-order valence-corrected chi connectivity index (χ0v) is 14.9. The van der Waals surface area contributed by atoms with Gasteiger partial charge in [-0.15, -0.1) is 0 Å². The molecule has 0 saturated carbocycles. The van der Waals surface area contributed by atoms with E-state index in [0.717, 1.165) is 11.1 Å². The summed E-state index contributed by atoms with van der Waals surface area (Å²) >= 11 is 0. The van der Waals surface area contributed by atoms with E-state index >= 15 is 0 Å². The lowest BCUT2D eigenvalue weighted by Gasteiger charge is -2.25. The summed E-state index contributed by atoms with van der Waals surface area (Å²) in [4.78, 5) is 27.6. The molecule has 0 unspecified atom stereocenters. The van der Waals surface area contributed by atoms with Crippen LogP contribution in [-0.2, 0) is 22.7 Å². The minimum Gasteiger partial charge on any atom is -0.496 e. The highest BCUT2D eigenvalue weighted by atomic mass is 16.5. The fourth-order valence-electron chi connectivity index (χ4n) is 2.55. The minimum atomic E-state index is -0.146. The summed E-state index contributed by atoms with van der Waals surface area (Å²) in [6.07, 6.45) is 0. The molecule has 0 bridgehead atoms. The number of carbonyl (C=O) groups is 2. The molecule has 0 aliphatic rings. The Kier molecular flexibility index (Phi) is 6.57. The van der Waals surface area contributed by atoms with E-state index in [2.05, 4.69) is 0 Å². The van der Waals surface area contributed by atoms with E-state index in [4.69, 9.17) is 4.74 Å². The van der Waals surface area contributed by atoms with Crippen LogP contribution in [0.5, 0.6) is 5.75 Å². The molecule has 0 spiro atoms. The molecule has 0 fully saturated rings. The average molecular weight is 340 g/mol. The molecule has 2 rings (SSSR count). The van der Waals surface area contributed by atoms with Crippen LogP contribution in [0.3, 0.4) is 0 Å². The van der Waals surface area contributed by atoms with Crippen molar-refractivity contribution in [3.05, 3.63) is 65.7 Å². The first-order chi connectivity index (χ1) is 12.0. The highest BCUT2D eigenvalue weighted by molar-refractivity contribution is 5.83. The van der Waals surface area contributed by atoms with Gasteiger partial charge in [-0.1, -0.05) is 48.5 Å². The van der Waals surface area contributed by atoms with Gasteiger partial charge in [0.25, 0.3) is 0 Å². The van der Waals surface area contributed by atoms with Crippen molar-refractivity contribution in [2.75, 3.05) is 20.7 Å². The van der Waals surface area contributed by atoms with Gasteiger partial charge in [0.15, 0.2) is 0 Å². The second-order valence-electron chi connectivity index (χ2n) is 5.92. The molecule has 0 atom stereocenters. The number of rotatable bonds is 7. The van der Waals surface area contributed by atoms with E-state index in [0.29, 0.717) is 18.8 Å². The summed E-state index contributed by atoms with van der Waals surface area (Å²) in [5.74, 6) is 0.458. The standard InChI is InChI=1S/C20H24N2O3/c1-16(23)22(14-18-11-7-8-12-19(18)25-3)15-20(24)21(2)13-17-9-5-4-6-10-17/h4-12H,13-15H2,1-3H3. The molecule has 0 heterocycles. The molecule has 0 radical (unpaired) electrons. The van der Waals surface area contributed by atoms with Crippen LogP contribution in [0.2, 0.25) is 0 Å². The zero-order valence-electron chi connectivity index (χ0n) is 14.9. The molecule has 132 valence electrons. The van der Waals surface area contributed by atoms with Crippen molar-refractivity contribution in [3.8, 4) is 5.75 Å². The second-order valence-corrected chi connectivity index (χ2v) is 5.92. The second kappa shape index (κ2) is 8.87. The van der Waals surface area contributed by atoms with Crippen molar-refractivity contribution in [1.82, 2.24) is 9.80 Å². The van der Waals surface area contributed by atoms with Crippen LogP contribution < -0.4 is 4.74 Å². The number of para-hydroxylation sites is 1. The monoisotopic (exact) mass is 340 g/mol. The highest BCUT2D eigenvalue weighted by Gasteiger charge is 2.18. The van der Waals surface area contributed by atoms with Gasteiger partial charge in [-0.2, -0.15) is 0 Å². The Morgan fingerprint density at radius 1 is 0.960 bits per heavy atom. The number of ether oxygens (including phenoxy) is 1. The van der Waals surface area contributed by atoms with Crippen molar-refractivity contribution >= 4 is 11.8 Å². The van der Waals surface area contributed by atoms with E-state index in [9.17, 15) is 9.59 Å². The van der Waals surface area contributed by atoms with Crippen molar-refractivity contribution in [2.24, 2.45) is 0 Å². The Morgan fingerprint density at radius 3 is 2.24 bits per heavy atom. The summed E-state index contributed by atoms with van der Waals surface area (Å²) in [5, 5.41) is 0. The third-order valence-corrected chi connectivity index (χ3v) is 4.01. The highest BCUT2D eigenvalue weighted by Crippen LogP contribution is 2.19. The molecule has 2 aromatic rings. The summed E-state index contributed by atoms with van der Waals surface area (Å²) in [6.45, 7) is 2.36. The molecule has 0 saturated heterocycles. The Hall–Kier alpha value is -2.82. The lowest BCUT2D eigenvalue weighted by Crippen LogP contribution is -2.40. The molecule has 0 aliphatic carbocycles. The van der Waals surface area contributed by atoms with Crippen molar-refractivity contribution < 1.29 is 14.3 Å². The smallest absolute Gasteiger partial charge is 0.242 e. The third-order valence-electron chi connectivity index (χ3n) is 4.01. The fraction of sp³-hybridized carbons (Fsp3) is 0.300. The number of benzene rings is 2. The SMILES string of the molecule is COc1ccccc1CN(CC(=O)N(C)Cc1ccccc1)C(C)=O. The van der Waals surface area contributed by atoms with Crippen LogP contribution in [0, 0.1) is 0 Å². The van der Waals surface area contributed by atoms with Crippen molar-refractivity contribution in [2.45, 2.75) is 20.0 Å². The molecule has 2 amide bonds. The van der Waals surface area contributed by atoms with E-state index in [1.165, 1.54) is 11.8 Å². The predicted octanol–water partition coefficient (Wildman–Crippen LogP) is 2.70. The van der Waals surface area contributed by atoms with Gasteiger partial charge in [0, 0.05) is 32.6 Å². The average Bonchev–Trinajstić information content (AvgIpc) is 2.62. The largest absolute Gasteiger partial charge is 0.496 e. The Balaban J connectivity index is 2.03. The maximum absolute atomic E-state index is 12.5. The van der Waals surface area contributed by atoms with Crippen LogP contribution in [0.1, 0.15) is 18.1 Å². The first-order valence-electron chi connectivity index (χ1n) is 8.16. The lowest BCUT2D eigenvalue weighted by molar-refractivity contribution is -0.139. The van der Waals surface area contributed by atoms with Crippen LogP contribution in [0.4, 0.5) is 0 Å². The maximum atomic E-state index is 12.5. The van der Waals surface area contributed by atoms with Crippen LogP contribution in [-0.4, -0.2) is 42.3 Å². The van der Waals surface area contributed by atoms with Gasteiger partial charge >= 0.3 is 0 Å². The van der Waals surface area contributed by atoms with E-state index in [1.807, 2.05) is 54.6 Å². The number of likely N-dealkylation sites (N-methyl/N-ethyl adjacent to an activating group) is 1. The molecular formula is C20H24N2O3. The maximum Gasteiger partial charge on any atom is 0.242 e. The summed E-state index contributed by atoms with van der Waals surface area (Å²) in [7, 11) is 3.34. The van der Waals surface area contributed by atoms with Gasteiger partial charge in [0.1, 0.15) is 12.3 Å². The van der Waals surface area contributed by atoms with Gasteiger partial charge in [0.05, 0.1) is 7.11 Å². The molecule has 0 aromatic heterocycles. The van der Waals surface area contributed by atoms with Crippen LogP contribution in [0.15, 0.2) is 54.6 Å². The van der Waals surface area contributed by atoms with Gasteiger partial charge < -0.3 is 14.5 Å². The van der Waals surface area contributed by atoms with E-state index in [1.54, 1.807) is 19.1 Å². The number of methoxy groups -OCH3 is 1. The minimum absolute atomic E-state index is 0.0384. The quantitative estimate of drug-likeness (QED) is 0.779. The molecule has 5 heteroatoms. The third kappa shape index (κ3) is 5.35. The van der Waals surface area contributed by atoms with Crippen molar-refractivity contribution in [1.29, 1.82) is 0 Å². The predicted molar refractivity (Wildman–Crippen MR) is 97.0 cm³/mol. The molecule has 0 N–H and O–H groups in total. The number of hydrogen-bond acceptors (Lipinski definition) is 3. The molecule has 0 aliphatic heterocycles. The van der Waals surface area contributed by atoms with E-state index in [-0.39, 0.29) is 18.4 Å². The van der Waals surface area contributed by atoms with Crippen LogP contribution in [0.25, 0.3) is 0 Å². The van der Waals surface area contributed by atoms with Crippen LogP contribution >= 0.6 is 0 Å². The molecule has 5 nitrogen and oxygen atoms in total. The Labute approximate surface area is 148 Å². The van der Waals surface area contributed by atoms with Gasteiger partial charge in [0.2, 0.25) is 11.8 Å². The zero-order chi connectivity index (χ0) is 18.2. The lowest BCUT2D eigenvalue weighted by atomic mass is 10.2. The van der Waals surface area contributed by atoms with E-state index < -0.39 is 0 Å². The normalized spacial score (nSPS) is 10.2. The Bertz CT molecular complexity index is 716. The molecule has 25 heavy (non-hydrogen) atoms. The number of nitrogens with zero attached hydrogens (tertiary/aromatic N) is 2. The summed E-state index contributed by atoms with van der Waals surface area (Å²) in [6, 6.07) is 17.3. The topological polar surface area (TPSA) is 49.9 Å². The number of hydrogen-bond donors (Lipinski definition) is 0. The first-order valence-corrected chi connectivity index (χ1v) is 8.16. The number of carbonyl (C=O) groups excluding carboxylic acids is 2. The summed E-state index contributed by atoms with van der Waals surface area (Å²) < 4.78 is 5.32. The van der Waals surface area contributed by atoms with Gasteiger partial charge in [-0.05, 0) is 11.6 Å². The summed E-state index contributed by atoms with van der Waals surface area (Å²) in [5.41, 5.74) is 1.93. The van der Waals surface area contributed by atoms with Gasteiger partial charge in [-0.25, -0.2) is 0 Å². The first kappa shape index (κ1) is 18.5. The molecule has 2 aromatic carbocycles. The Morgan fingerprint density at radius 2 is 1.60 bits per heavy atom. The number of amides is 2. The molecular weight excluding hydrogens is 316 g/mol. The van der Waals surface area contributed by atoms with Crippen molar-refractivity contribution in [3.63, 3.8) is 0 Å². The van der Waals surface area contributed by atoms with Gasteiger partial charge in [-0.3, -0.25) is 9.59 Å².